The van der Waals surface area contributed by atoms with Gasteiger partial charge in [-0.25, -0.2) is 0 Å². The zero-order valence-corrected chi connectivity index (χ0v) is 10.3. The summed E-state index contributed by atoms with van der Waals surface area (Å²) in [6.07, 6.45) is 3.94. The Morgan fingerprint density at radius 1 is 1.27 bits per heavy atom. The van der Waals surface area contributed by atoms with Gasteiger partial charge in [-0.3, -0.25) is 0 Å². The summed E-state index contributed by atoms with van der Waals surface area (Å²) in [5, 5.41) is 3.37. The molecule has 0 spiro atoms. The SMILES string of the molecule is CCC(CC)CC(NC)C1COCCO1. The first kappa shape index (κ1) is 12.9. The van der Waals surface area contributed by atoms with Crippen LogP contribution >= 0.6 is 0 Å². The fraction of sp³-hybridized carbons (Fsp3) is 1.00. The van der Waals surface area contributed by atoms with E-state index in [-0.39, 0.29) is 6.10 Å². The van der Waals surface area contributed by atoms with E-state index >= 15 is 0 Å². The second-order valence-corrected chi connectivity index (χ2v) is 4.30. The molecule has 2 unspecified atom stereocenters. The van der Waals surface area contributed by atoms with Gasteiger partial charge in [0.15, 0.2) is 0 Å². The molecule has 0 aromatic carbocycles. The maximum atomic E-state index is 5.73. The zero-order chi connectivity index (χ0) is 11.1. The average Bonchev–Trinajstić information content (AvgIpc) is 2.32. The summed E-state index contributed by atoms with van der Waals surface area (Å²) >= 11 is 0. The topological polar surface area (TPSA) is 30.5 Å². The Hall–Kier alpha value is -0.120. The van der Waals surface area contributed by atoms with E-state index in [0.717, 1.165) is 25.7 Å². The van der Waals surface area contributed by atoms with Crippen molar-refractivity contribution in [3.05, 3.63) is 0 Å². The Labute approximate surface area is 93.5 Å². The summed E-state index contributed by atoms with van der Waals surface area (Å²) in [6.45, 7) is 6.76. The summed E-state index contributed by atoms with van der Waals surface area (Å²) in [4.78, 5) is 0. The van der Waals surface area contributed by atoms with E-state index in [4.69, 9.17) is 9.47 Å². The predicted octanol–water partition coefficient (Wildman–Crippen LogP) is 1.82. The molecule has 1 fully saturated rings. The molecule has 2 atom stereocenters. The number of hydrogen-bond donors (Lipinski definition) is 1. The van der Waals surface area contributed by atoms with Crippen LogP contribution in [0.15, 0.2) is 0 Å². The summed E-state index contributed by atoms with van der Waals surface area (Å²) in [5.41, 5.74) is 0. The maximum absolute atomic E-state index is 5.73. The van der Waals surface area contributed by atoms with Gasteiger partial charge in [0.2, 0.25) is 0 Å². The molecule has 15 heavy (non-hydrogen) atoms. The van der Waals surface area contributed by atoms with E-state index in [1.165, 1.54) is 19.3 Å². The van der Waals surface area contributed by atoms with Crippen molar-refractivity contribution >= 4 is 0 Å². The number of nitrogens with one attached hydrogen (secondary N) is 1. The molecule has 0 aromatic rings. The molecule has 3 nitrogen and oxygen atoms in total. The Morgan fingerprint density at radius 3 is 2.47 bits per heavy atom. The first-order valence-corrected chi connectivity index (χ1v) is 6.18. The molecule has 0 saturated carbocycles. The highest BCUT2D eigenvalue weighted by molar-refractivity contribution is 4.79. The lowest BCUT2D eigenvalue weighted by atomic mass is 9.92. The molecule has 3 heteroatoms. The molecule has 1 saturated heterocycles. The Kier molecular flexibility index (Phi) is 6.22. The van der Waals surface area contributed by atoms with Crippen LogP contribution < -0.4 is 5.32 Å². The quantitative estimate of drug-likeness (QED) is 0.733. The van der Waals surface area contributed by atoms with Gasteiger partial charge in [0.25, 0.3) is 0 Å². The van der Waals surface area contributed by atoms with Crippen molar-refractivity contribution in [3.63, 3.8) is 0 Å². The number of likely N-dealkylation sites (N-methyl/N-ethyl adjacent to an activating group) is 1. The third-order valence-electron chi connectivity index (χ3n) is 3.40. The number of rotatable bonds is 6. The predicted molar refractivity (Wildman–Crippen MR) is 62.1 cm³/mol. The van der Waals surface area contributed by atoms with Gasteiger partial charge >= 0.3 is 0 Å². The molecule has 1 aliphatic rings. The van der Waals surface area contributed by atoms with Crippen molar-refractivity contribution in [2.45, 2.75) is 45.3 Å². The molecule has 0 aliphatic carbocycles. The van der Waals surface area contributed by atoms with Gasteiger partial charge in [-0.1, -0.05) is 26.7 Å². The second kappa shape index (κ2) is 7.20. The van der Waals surface area contributed by atoms with Crippen LogP contribution in [0.1, 0.15) is 33.1 Å². The van der Waals surface area contributed by atoms with Gasteiger partial charge in [-0.15, -0.1) is 0 Å². The Balaban J connectivity index is 2.38. The van der Waals surface area contributed by atoms with Crippen LogP contribution in [0.5, 0.6) is 0 Å². The van der Waals surface area contributed by atoms with E-state index in [2.05, 4.69) is 19.2 Å². The van der Waals surface area contributed by atoms with Crippen LogP contribution in [0.4, 0.5) is 0 Å². The largest absolute Gasteiger partial charge is 0.376 e. The first-order valence-electron chi connectivity index (χ1n) is 6.18. The number of ether oxygens (including phenoxy) is 2. The van der Waals surface area contributed by atoms with E-state index in [1.54, 1.807) is 0 Å². The van der Waals surface area contributed by atoms with Crippen molar-refractivity contribution in [1.29, 1.82) is 0 Å². The summed E-state index contributed by atoms with van der Waals surface area (Å²) in [7, 11) is 2.02. The molecule has 1 aliphatic heterocycles. The van der Waals surface area contributed by atoms with Gasteiger partial charge in [-0.2, -0.15) is 0 Å². The lowest BCUT2D eigenvalue weighted by Crippen LogP contribution is -2.46. The minimum absolute atomic E-state index is 0.240. The average molecular weight is 215 g/mol. The van der Waals surface area contributed by atoms with Crippen molar-refractivity contribution < 1.29 is 9.47 Å². The highest BCUT2D eigenvalue weighted by atomic mass is 16.6. The Morgan fingerprint density at radius 2 is 2.00 bits per heavy atom. The third-order valence-corrected chi connectivity index (χ3v) is 3.40. The van der Waals surface area contributed by atoms with Crippen LogP contribution in [0.3, 0.4) is 0 Å². The molecule has 0 amide bonds. The summed E-state index contributed by atoms with van der Waals surface area (Å²) < 4.78 is 11.2. The first-order chi connectivity index (χ1) is 7.31. The van der Waals surface area contributed by atoms with E-state index in [0.29, 0.717) is 6.04 Å². The normalized spacial score (nSPS) is 24.4. The lowest BCUT2D eigenvalue weighted by Gasteiger charge is -2.32. The number of hydrogen-bond acceptors (Lipinski definition) is 3. The van der Waals surface area contributed by atoms with E-state index in [9.17, 15) is 0 Å². The monoisotopic (exact) mass is 215 g/mol. The van der Waals surface area contributed by atoms with Gasteiger partial charge in [0.05, 0.1) is 25.9 Å². The van der Waals surface area contributed by atoms with Crippen LogP contribution in [0, 0.1) is 5.92 Å². The minimum Gasteiger partial charge on any atom is -0.376 e. The van der Waals surface area contributed by atoms with Crippen molar-refractivity contribution in [1.82, 2.24) is 5.32 Å². The smallest absolute Gasteiger partial charge is 0.0962 e. The zero-order valence-electron chi connectivity index (χ0n) is 10.3. The molecule has 0 bridgehead atoms. The fourth-order valence-electron chi connectivity index (χ4n) is 2.17. The summed E-state index contributed by atoms with van der Waals surface area (Å²) in [6, 6.07) is 0.440. The minimum atomic E-state index is 0.240. The molecule has 0 radical (unpaired) electrons. The van der Waals surface area contributed by atoms with Gasteiger partial charge in [0.1, 0.15) is 0 Å². The molecule has 1 heterocycles. The van der Waals surface area contributed by atoms with Gasteiger partial charge < -0.3 is 14.8 Å². The second-order valence-electron chi connectivity index (χ2n) is 4.30. The molecule has 1 rings (SSSR count). The van der Waals surface area contributed by atoms with Crippen LogP contribution in [-0.4, -0.2) is 39.0 Å². The van der Waals surface area contributed by atoms with Crippen molar-refractivity contribution in [2.24, 2.45) is 5.92 Å². The highest BCUT2D eigenvalue weighted by Gasteiger charge is 2.25. The lowest BCUT2D eigenvalue weighted by molar-refractivity contribution is -0.103. The van der Waals surface area contributed by atoms with Crippen LogP contribution in [0.2, 0.25) is 0 Å². The molecular formula is C12H25NO2. The fourth-order valence-corrected chi connectivity index (χ4v) is 2.17. The van der Waals surface area contributed by atoms with Crippen LogP contribution in [-0.2, 0) is 9.47 Å². The van der Waals surface area contributed by atoms with Crippen molar-refractivity contribution in [2.75, 3.05) is 26.9 Å². The third kappa shape index (κ3) is 4.09. The molecule has 0 aromatic heterocycles. The molecule has 90 valence electrons. The Bertz CT molecular complexity index is 154. The van der Waals surface area contributed by atoms with Gasteiger partial charge in [0, 0.05) is 6.04 Å². The molecular weight excluding hydrogens is 190 g/mol. The van der Waals surface area contributed by atoms with Crippen molar-refractivity contribution in [3.8, 4) is 0 Å². The standard InChI is InChI=1S/C12H25NO2/c1-4-10(5-2)8-11(13-3)12-9-14-6-7-15-12/h10-13H,4-9H2,1-3H3. The maximum Gasteiger partial charge on any atom is 0.0962 e. The van der Waals surface area contributed by atoms with Crippen LogP contribution in [0.25, 0.3) is 0 Å². The molecule has 1 N–H and O–H groups in total. The highest BCUT2D eigenvalue weighted by Crippen LogP contribution is 2.19. The summed E-state index contributed by atoms with van der Waals surface area (Å²) in [5.74, 6) is 0.799. The van der Waals surface area contributed by atoms with Gasteiger partial charge in [-0.05, 0) is 19.4 Å². The van der Waals surface area contributed by atoms with E-state index in [1.807, 2.05) is 7.05 Å². The van der Waals surface area contributed by atoms with E-state index < -0.39 is 0 Å².